The van der Waals surface area contributed by atoms with Crippen LogP contribution in [0.15, 0.2) is 65.3 Å². The van der Waals surface area contributed by atoms with Crippen molar-refractivity contribution in [1.82, 2.24) is 0 Å². The molecule has 0 saturated carbocycles. The Kier molecular flexibility index (Phi) is 3.74. The van der Waals surface area contributed by atoms with E-state index in [1.807, 2.05) is 30.3 Å². The van der Waals surface area contributed by atoms with E-state index in [0.29, 0.717) is 23.4 Å². The maximum absolute atomic E-state index is 12.3. The van der Waals surface area contributed by atoms with E-state index in [1.54, 1.807) is 31.2 Å². The van der Waals surface area contributed by atoms with Crippen LogP contribution in [0.3, 0.4) is 0 Å². The molecule has 0 saturated heterocycles. The number of ketones is 1. The zero-order valence-corrected chi connectivity index (χ0v) is 12.1. The van der Waals surface area contributed by atoms with E-state index in [0.717, 1.165) is 5.56 Å². The lowest BCUT2D eigenvalue weighted by molar-refractivity contribution is 0.103. The highest BCUT2D eigenvalue weighted by atomic mass is 16.6. The van der Waals surface area contributed by atoms with Crippen LogP contribution in [-0.4, -0.2) is 16.6 Å². The van der Waals surface area contributed by atoms with Crippen LogP contribution in [0.1, 0.15) is 28.4 Å². The van der Waals surface area contributed by atoms with E-state index in [2.05, 4.69) is 5.16 Å². The van der Waals surface area contributed by atoms with Crippen LogP contribution >= 0.6 is 0 Å². The third-order valence-electron chi connectivity index (χ3n) is 3.53. The van der Waals surface area contributed by atoms with E-state index in [1.165, 1.54) is 0 Å². The average Bonchev–Trinajstić information content (AvgIpc) is 2.80. The molecule has 1 aliphatic rings. The van der Waals surface area contributed by atoms with Crippen LogP contribution in [0.5, 0.6) is 0 Å². The van der Waals surface area contributed by atoms with Gasteiger partial charge in [-0.05, 0) is 12.5 Å². The molecule has 3 rings (SSSR count). The first-order chi connectivity index (χ1) is 10.7. The van der Waals surface area contributed by atoms with Gasteiger partial charge in [0, 0.05) is 11.1 Å². The Labute approximate surface area is 128 Å². The fraction of sp³-hybridized carbons (Fsp3) is 0.111. The molecule has 0 heterocycles. The van der Waals surface area contributed by atoms with Gasteiger partial charge in [0.25, 0.3) is 0 Å². The molecule has 1 aliphatic carbocycles. The van der Waals surface area contributed by atoms with Gasteiger partial charge in [-0.25, -0.2) is 0 Å². The van der Waals surface area contributed by atoms with Gasteiger partial charge in [0.05, 0.1) is 11.3 Å². The van der Waals surface area contributed by atoms with Crippen LogP contribution < -0.4 is 0 Å². The van der Waals surface area contributed by atoms with Gasteiger partial charge in [0.2, 0.25) is 0 Å². The molecule has 0 spiro atoms. The quantitative estimate of drug-likeness (QED) is 0.690. The lowest BCUT2D eigenvalue weighted by Crippen LogP contribution is -2.08. The van der Waals surface area contributed by atoms with E-state index in [9.17, 15) is 9.90 Å². The summed E-state index contributed by atoms with van der Waals surface area (Å²) >= 11 is 0. The van der Waals surface area contributed by atoms with Crippen molar-refractivity contribution in [2.75, 3.05) is 0 Å². The van der Waals surface area contributed by atoms with Crippen molar-refractivity contribution in [3.05, 3.63) is 76.9 Å². The van der Waals surface area contributed by atoms with Crippen molar-refractivity contribution in [2.24, 2.45) is 5.16 Å². The largest absolute Gasteiger partial charge is 0.506 e. The number of Topliss-reactive ketones (excluding diaryl/α,β-unsaturated/α-hetero) is 1. The Balaban J connectivity index is 1.78. The van der Waals surface area contributed by atoms with Gasteiger partial charge >= 0.3 is 0 Å². The van der Waals surface area contributed by atoms with Gasteiger partial charge in [-0.1, -0.05) is 59.8 Å². The Morgan fingerprint density at radius 1 is 1.05 bits per heavy atom. The Morgan fingerprint density at radius 2 is 1.68 bits per heavy atom. The fourth-order valence-electron chi connectivity index (χ4n) is 2.42. The van der Waals surface area contributed by atoms with E-state index < -0.39 is 0 Å². The molecule has 2 aromatic carbocycles. The first kappa shape index (κ1) is 14.1. The van der Waals surface area contributed by atoms with Crippen molar-refractivity contribution >= 4 is 17.3 Å². The smallest absolute Gasteiger partial charge is 0.199 e. The zero-order valence-electron chi connectivity index (χ0n) is 12.1. The normalized spacial score (nSPS) is 14.2. The fourth-order valence-corrected chi connectivity index (χ4v) is 2.42. The molecule has 4 nitrogen and oxygen atoms in total. The molecule has 0 unspecified atom stereocenters. The maximum atomic E-state index is 12.3. The number of carbonyl (C=O) groups is 1. The molecule has 0 aromatic heterocycles. The van der Waals surface area contributed by atoms with Crippen molar-refractivity contribution in [3.63, 3.8) is 0 Å². The highest BCUT2D eigenvalue weighted by molar-refractivity contribution is 6.35. The molecule has 0 bridgehead atoms. The second-order valence-electron chi connectivity index (χ2n) is 5.03. The standard InChI is InChI=1S/C18H15NO3/c1-12(19-22-11-13-7-3-2-4-8-13)16-17(20)14-9-5-6-10-15(14)18(16)21/h2-10,20H,11H2,1H3. The third kappa shape index (κ3) is 2.51. The SMILES string of the molecule is CC(=NOCc1ccccc1)C1=C(O)c2ccccc2C1=O. The first-order valence-corrected chi connectivity index (χ1v) is 6.96. The van der Waals surface area contributed by atoms with Crippen LogP contribution in [0.2, 0.25) is 0 Å². The summed E-state index contributed by atoms with van der Waals surface area (Å²) in [6.07, 6.45) is 0. The van der Waals surface area contributed by atoms with Crippen LogP contribution in [0.4, 0.5) is 0 Å². The summed E-state index contributed by atoms with van der Waals surface area (Å²) in [7, 11) is 0. The second-order valence-corrected chi connectivity index (χ2v) is 5.03. The van der Waals surface area contributed by atoms with Crippen LogP contribution in [0.25, 0.3) is 5.76 Å². The molecule has 0 amide bonds. The molecular weight excluding hydrogens is 278 g/mol. The second kappa shape index (κ2) is 5.85. The topological polar surface area (TPSA) is 58.9 Å². The van der Waals surface area contributed by atoms with Crippen LogP contribution in [-0.2, 0) is 11.4 Å². The molecule has 0 atom stereocenters. The minimum atomic E-state index is -0.224. The minimum Gasteiger partial charge on any atom is -0.506 e. The van der Waals surface area contributed by atoms with Gasteiger partial charge in [-0.15, -0.1) is 0 Å². The summed E-state index contributed by atoms with van der Waals surface area (Å²) < 4.78 is 0. The van der Waals surface area contributed by atoms with Gasteiger partial charge in [0.1, 0.15) is 12.4 Å². The van der Waals surface area contributed by atoms with Gasteiger partial charge in [0.15, 0.2) is 5.78 Å². The van der Waals surface area contributed by atoms with Crippen molar-refractivity contribution in [1.29, 1.82) is 0 Å². The number of oxime groups is 1. The molecule has 0 fully saturated rings. The van der Waals surface area contributed by atoms with Crippen molar-refractivity contribution in [2.45, 2.75) is 13.5 Å². The third-order valence-corrected chi connectivity index (χ3v) is 3.53. The molecule has 0 radical (unpaired) electrons. The maximum Gasteiger partial charge on any atom is 0.199 e. The van der Waals surface area contributed by atoms with Crippen molar-refractivity contribution < 1.29 is 14.7 Å². The lowest BCUT2D eigenvalue weighted by atomic mass is 10.1. The number of hydrogen-bond donors (Lipinski definition) is 1. The Hall–Kier alpha value is -2.88. The van der Waals surface area contributed by atoms with E-state index in [4.69, 9.17) is 4.84 Å². The number of benzene rings is 2. The molecule has 110 valence electrons. The van der Waals surface area contributed by atoms with Gasteiger partial charge in [-0.3, -0.25) is 4.79 Å². The summed E-state index contributed by atoms with van der Waals surface area (Å²) in [6, 6.07) is 16.6. The Bertz CT molecular complexity index is 776. The molecule has 22 heavy (non-hydrogen) atoms. The molecule has 0 aliphatic heterocycles. The number of aliphatic hydroxyl groups excluding tert-OH is 1. The summed E-state index contributed by atoms with van der Waals surface area (Å²) in [5, 5.41) is 14.2. The monoisotopic (exact) mass is 293 g/mol. The Morgan fingerprint density at radius 3 is 2.36 bits per heavy atom. The zero-order chi connectivity index (χ0) is 15.5. The predicted octanol–water partition coefficient (Wildman–Crippen LogP) is 3.74. The number of aliphatic hydroxyl groups is 1. The molecular formula is C18H15NO3. The summed E-state index contributed by atoms with van der Waals surface area (Å²) in [5.74, 6) is -0.261. The highest BCUT2D eigenvalue weighted by Gasteiger charge is 2.31. The van der Waals surface area contributed by atoms with E-state index in [-0.39, 0.29) is 17.1 Å². The molecule has 2 aromatic rings. The first-order valence-electron chi connectivity index (χ1n) is 6.96. The summed E-state index contributed by atoms with van der Waals surface area (Å²) in [6.45, 7) is 1.97. The van der Waals surface area contributed by atoms with E-state index >= 15 is 0 Å². The summed E-state index contributed by atoms with van der Waals surface area (Å²) in [5.41, 5.74) is 2.59. The van der Waals surface area contributed by atoms with Gasteiger partial charge < -0.3 is 9.94 Å². The number of hydrogen-bond acceptors (Lipinski definition) is 4. The summed E-state index contributed by atoms with van der Waals surface area (Å²) in [4.78, 5) is 17.6. The number of nitrogens with zero attached hydrogens (tertiary/aromatic N) is 1. The highest BCUT2D eigenvalue weighted by Crippen LogP contribution is 2.31. The van der Waals surface area contributed by atoms with Crippen molar-refractivity contribution in [3.8, 4) is 0 Å². The number of rotatable bonds is 4. The molecule has 1 N–H and O–H groups in total. The van der Waals surface area contributed by atoms with Gasteiger partial charge in [-0.2, -0.15) is 0 Å². The minimum absolute atomic E-state index is 0.0369. The predicted molar refractivity (Wildman–Crippen MR) is 84.7 cm³/mol. The number of fused-ring (bicyclic) bond motifs is 1. The number of allylic oxidation sites excluding steroid dienone is 1. The number of carbonyl (C=O) groups excluding carboxylic acids is 1. The van der Waals surface area contributed by atoms with Crippen LogP contribution in [0, 0.1) is 0 Å². The lowest BCUT2D eigenvalue weighted by Gasteiger charge is -2.03. The molecule has 4 heteroatoms. The average molecular weight is 293 g/mol.